The maximum Gasteiger partial charge on any atom is 0.304 e. The van der Waals surface area contributed by atoms with E-state index in [0.717, 1.165) is 5.56 Å². The van der Waals surface area contributed by atoms with Crippen LogP contribution in [0.5, 0.6) is 0 Å². The van der Waals surface area contributed by atoms with Gasteiger partial charge in [-0.2, -0.15) is 4.39 Å². The van der Waals surface area contributed by atoms with E-state index < -0.39 is 16.4 Å². The van der Waals surface area contributed by atoms with Gasteiger partial charge in [0.05, 0.1) is 4.92 Å². The molecular weight excluding hydrogens is 235 g/mol. The van der Waals surface area contributed by atoms with Crippen LogP contribution in [0.4, 0.5) is 10.1 Å². The highest BCUT2D eigenvalue weighted by Crippen LogP contribution is 2.29. The van der Waals surface area contributed by atoms with Crippen molar-refractivity contribution in [2.24, 2.45) is 5.92 Å². The van der Waals surface area contributed by atoms with Gasteiger partial charge < -0.3 is 5.32 Å². The number of nitrogens with zero attached hydrogens (tertiary/aromatic N) is 1. The first-order valence-corrected chi connectivity index (χ1v) is 6.24. The molecule has 18 heavy (non-hydrogen) atoms. The summed E-state index contributed by atoms with van der Waals surface area (Å²) in [6.45, 7) is 2.68. The molecule has 1 unspecified atom stereocenters. The summed E-state index contributed by atoms with van der Waals surface area (Å²) in [5.74, 6) is -0.0523. The summed E-state index contributed by atoms with van der Waals surface area (Å²) in [6, 6.07) is 4.47. The molecule has 0 aliphatic heterocycles. The third kappa shape index (κ3) is 2.85. The molecule has 0 amide bonds. The quantitative estimate of drug-likeness (QED) is 0.647. The van der Waals surface area contributed by atoms with Crippen molar-refractivity contribution in [1.29, 1.82) is 0 Å². The lowest BCUT2D eigenvalue weighted by Crippen LogP contribution is -2.36. The smallest absolute Gasteiger partial charge is 0.304 e. The lowest BCUT2D eigenvalue weighted by Gasteiger charge is -2.32. The van der Waals surface area contributed by atoms with E-state index in [1.54, 1.807) is 6.07 Å². The molecule has 0 saturated heterocycles. The molecule has 1 saturated carbocycles. The number of rotatable bonds is 5. The molecule has 0 heterocycles. The van der Waals surface area contributed by atoms with Crippen LogP contribution in [-0.4, -0.2) is 11.0 Å². The Balaban J connectivity index is 1.93. The van der Waals surface area contributed by atoms with Crippen LogP contribution >= 0.6 is 0 Å². The summed E-state index contributed by atoms with van der Waals surface area (Å²) in [6.07, 6.45) is 3.80. The van der Waals surface area contributed by atoms with Gasteiger partial charge >= 0.3 is 5.69 Å². The average Bonchev–Trinajstić information content (AvgIpc) is 2.23. The van der Waals surface area contributed by atoms with Gasteiger partial charge in [-0.3, -0.25) is 10.1 Å². The van der Waals surface area contributed by atoms with Crippen LogP contribution in [0.2, 0.25) is 0 Å². The highest BCUT2D eigenvalue weighted by atomic mass is 19.1. The van der Waals surface area contributed by atoms with Crippen molar-refractivity contribution in [3.8, 4) is 0 Å². The minimum absolute atomic E-state index is 0.414. The lowest BCUT2D eigenvalue weighted by molar-refractivity contribution is -0.387. The summed E-state index contributed by atoms with van der Waals surface area (Å²) in [7, 11) is 0. The highest BCUT2D eigenvalue weighted by Gasteiger charge is 2.23. The van der Waals surface area contributed by atoms with E-state index in [-0.39, 0.29) is 0 Å². The average molecular weight is 252 g/mol. The van der Waals surface area contributed by atoms with Gasteiger partial charge in [-0.15, -0.1) is 0 Å². The summed E-state index contributed by atoms with van der Waals surface area (Å²) in [5.41, 5.74) is 0.273. The Morgan fingerprint density at radius 2 is 2.28 bits per heavy atom. The molecule has 0 bridgehead atoms. The first-order valence-electron chi connectivity index (χ1n) is 6.24. The summed E-state index contributed by atoms with van der Waals surface area (Å²) < 4.78 is 13.4. The molecule has 1 aromatic carbocycles. The number of nitrogens with one attached hydrogen (secondary N) is 1. The number of halogens is 1. The lowest BCUT2D eigenvalue weighted by atomic mass is 9.80. The second-order valence-electron chi connectivity index (χ2n) is 4.90. The van der Waals surface area contributed by atoms with E-state index in [1.165, 1.54) is 31.4 Å². The molecule has 1 aliphatic rings. The third-order valence-corrected chi connectivity index (χ3v) is 3.69. The Labute approximate surface area is 105 Å². The van der Waals surface area contributed by atoms with Gasteiger partial charge in [0.15, 0.2) is 0 Å². The van der Waals surface area contributed by atoms with Gasteiger partial charge in [-0.25, -0.2) is 0 Å². The number of hydrogen-bond donors (Lipinski definition) is 1. The fraction of sp³-hybridized carbons (Fsp3) is 0.538. The first-order chi connectivity index (χ1) is 8.58. The van der Waals surface area contributed by atoms with Crippen LogP contribution in [0.1, 0.15) is 31.7 Å². The molecule has 0 spiro atoms. The van der Waals surface area contributed by atoms with Crippen LogP contribution in [0.3, 0.4) is 0 Å². The largest absolute Gasteiger partial charge is 0.310 e. The van der Waals surface area contributed by atoms with Gasteiger partial charge in [-0.05, 0) is 37.3 Å². The molecule has 0 aromatic heterocycles. The predicted octanol–water partition coefficient (Wildman–Crippen LogP) is 3.01. The number of nitro groups is 1. The Kier molecular flexibility index (Phi) is 3.91. The summed E-state index contributed by atoms with van der Waals surface area (Å²) in [5, 5.41) is 13.8. The molecule has 0 radical (unpaired) electrons. The first kappa shape index (κ1) is 13.0. The van der Waals surface area contributed by atoms with Crippen LogP contribution in [0, 0.1) is 21.8 Å². The molecule has 1 N–H and O–H groups in total. The van der Waals surface area contributed by atoms with Crippen LogP contribution in [-0.2, 0) is 6.54 Å². The standard InChI is InChI=1S/C13H17FN2O2/c1-9(11-3-2-4-11)15-8-10-5-6-13(16(17)18)12(14)7-10/h5-7,9,11,15H,2-4,8H2,1H3. The van der Waals surface area contributed by atoms with Gasteiger partial charge in [0.2, 0.25) is 5.82 Å². The molecule has 1 aliphatic carbocycles. The number of hydrogen-bond acceptors (Lipinski definition) is 3. The topological polar surface area (TPSA) is 55.2 Å². The maximum absolute atomic E-state index is 13.4. The van der Waals surface area contributed by atoms with Crippen molar-refractivity contribution in [1.82, 2.24) is 5.32 Å². The molecule has 1 aromatic rings. The Morgan fingerprint density at radius 3 is 2.78 bits per heavy atom. The van der Waals surface area contributed by atoms with E-state index in [2.05, 4.69) is 12.2 Å². The van der Waals surface area contributed by atoms with Gasteiger partial charge in [0.25, 0.3) is 0 Å². The maximum atomic E-state index is 13.4. The van der Waals surface area contributed by atoms with Gasteiger partial charge in [0.1, 0.15) is 0 Å². The Bertz CT molecular complexity index is 447. The van der Waals surface area contributed by atoms with Crippen molar-refractivity contribution in [3.05, 3.63) is 39.7 Å². The van der Waals surface area contributed by atoms with Crippen LogP contribution < -0.4 is 5.32 Å². The van der Waals surface area contributed by atoms with Crippen molar-refractivity contribution in [2.45, 2.75) is 38.8 Å². The molecule has 1 fully saturated rings. The molecule has 98 valence electrons. The van der Waals surface area contributed by atoms with Crippen molar-refractivity contribution in [2.75, 3.05) is 0 Å². The fourth-order valence-corrected chi connectivity index (χ4v) is 2.19. The van der Waals surface area contributed by atoms with E-state index in [4.69, 9.17) is 0 Å². The second kappa shape index (κ2) is 5.44. The van der Waals surface area contributed by atoms with Crippen molar-refractivity contribution >= 4 is 5.69 Å². The normalized spacial score (nSPS) is 17.2. The van der Waals surface area contributed by atoms with Gasteiger partial charge in [-0.1, -0.05) is 12.5 Å². The van der Waals surface area contributed by atoms with Crippen molar-refractivity contribution in [3.63, 3.8) is 0 Å². The predicted molar refractivity (Wildman–Crippen MR) is 66.7 cm³/mol. The van der Waals surface area contributed by atoms with E-state index in [0.29, 0.717) is 18.5 Å². The minimum Gasteiger partial charge on any atom is -0.310 e. The fourth-order valence-electron chi connectivity index (χ4n) is 2.19. The zero-order valence-corrected chi connectivity index (χ0v) is 10.4. The Morgan fingerprint density at radius 1 is 1.56 bits per heavy atom. The van der Waals surface area contributed by atoms with E-state index in [1.807, 2.05) is 0 Å². The third-order valence-electron chi connectivity index (χ3n) is 3.69. The van der Waals surface area contributed by atoms with Crippen molar-refractivity contribution < 1.29 is 9.31 Å². The zero-order chi connectivity index (χ0) is 13.1. The molecule has 1 atom stereocenters. The second-order valence-corrected chi connectivity index (χ2v) is 4.90. The SMILES string of the molecule is CC(NCc1ccc([N+](=O)[O-])c(F)c1)C1CCC1. The molecule has 4 nitrogen and oxygen atoms in total. The Hall–Kier alpha value is -1.49. The summed E-state index contributed by atoms with van der Waals surface area (Å²) >= 11 is 0. The van der Waals surface area contributed by atoms with E-state index in [9.17, 15) is 14.5 Å². The van der Waals surface area contributed by atoms with Crippen LogP contribution in [0.25, 0.3) is 0 Å². The molecule has 2 rings (SSSR count). The molecule has 5 heteroatoms. The summed E-state index contributed by atoms with van der Waals surface area (Å²) in [4.78, 5) is 9.78. The zero-order valence-electron chi connectivity index (χ0n) is 10.4. The van der Waals surface area contributed by atoms with Gasteiger partial charge in [0, 0.05) is 18.7 Å². The molecular formula is C13H17FN2O2. The minimum atomic E-state index is -0.768. The number of benzene rings is 1. The number of nitro benzene ring substituents is 1. The monoisotopic (exact) mass is 252 g/mol. The van der Waals surface area contributed by atoms with E-state index >= 15 is 0 Å². The van der Waals surface area contributed by atoms with Crippen LogP contribution in [0.15, 0.2) is 18.2 Å². The highest BCUT2D eigenvalue weighted by molar-refractivity contribution is 5.34.